The Hall–Kier alpha value is -0.350. The van der Waals surface area contributed by atoms with Crippen molar-refractivity contribution in [2.75, 3.05) is 33.2 Å². The van der Waals surface area contributed by atoms with Crippen molar-refractivity contribution in [2.45, 2.75) is 19.4 Å². The lowest BCUT2D eigenvalue weighted by molar-refractivity contribution is 0.252. The molecule has 0 unspecified atom stereocenters. The number of hydrogen-bond acceptors (Lipinski definition) is 3. The van der Waals surface area contributed by atoms with Gasteiger partial charge in [0.25, 0.3) is 0 Å². The third kappa shape index (κ3) is 4.09. The molecule has 18 heavy (non-hydrogen) atoms. The Morgan fingerprint density at radius 2 is 2.06 bits per heavy atom. The van der Waals surface area contributed by atoms with Gasteiger partial charge in [-0.25, -0.2) is 4.98 Å². The quantitative estimate of drug-likeness (QED) is 0.777. The van der Waals surface area contributed by atoms with Crippen molar-refractivity contribution in [2.24, 2.45) is 0 Å². The molecule has 0 N–H and O–H groups in total. The maximum absolute atomic E-state index is 6.14. The predicted octanol–water partition coefficient (Wildman–Crippen LogP) is 2.92. The van der Waals surface area contributed by atoms with Gasteiger partial charge in [-0.15, -0.1) is 0 Å². The van der Waals surface area contributed by atoms with Gasteiger partial charge < -0.3 is 9.80 Å². The molecule has 2 rings (SSSR count). The van der Waals surface area contributed by atoms with Crippen LogP contribution >= 0.6 is 23.2 Å². The standard InChI is InChI=1S/C13H19Cl2N3/c1-17(6-7-18-4-2-3-5-18)10-11-9-16-13(15)8-12(11)14/h8-9H,2-7,10H2,1H3. The van der Waals surface area contributed by atoms with Gasteiger partial charge in [-0.1, -0.05) is 23.2 Å². The fourth-order valence-electron chi connectivity index (χ4n) is 2.24. The molecule has 0 radical (unpaired) electrons. The second-order valence-corrected chi connectivity index (χ2v) is 5.68. The molecule has 1 fully saturated rings. The zero-order chi connectivity index (χ0) is 13.0. The Bertz CT molecular complexity index is 392. The van der Waals surface area contributed by atoms with E-state index in [1.54, 1.807) is 12.3 Å². The molecule has 3 nitrogen and oxygen atoms in total. The van der Waals surface area contributed by atoms with E-state index < -0.39 is 0 Å². The van der Waals surface area contributed by atoms with Gasteiger partial charge in [0.2, 0.25) is 0 Å². The third-order valence-corrected chi connectivity index (χ3v) is 3.89. The predicted molar refractivity (Wildman–Crippen MR) is 76.3 cm³/mol. The minimum atomic E-state index is 0.448. The number of aromatic nitrogens is 1. The fourth-order valence-corrected chi connectivity index (χ4v) is 2.67. The summed E-state index contributed by atoms with van der Waals surface area (Å²) in [5, 5.41) is 1.14. The second kappa shape index (κ2) is 6.71. The number of nitrogens with zero attached hydrogens (tertiary/aromatic N) is 3. The van der Waals surface area contributed by atoms with Crippen molar-refractivity contribution in [3.05, 3.63) is 28.0 Å². The van der Waals surface area contributed by atoms with Crippen LogP contribution in [0.3, 0.4) is 0 Å². The molecule has 0 spiro atoms. The van der Waals surface area contributed by atoms with Crippen molar-refractivity contribution in [3.8, 4) is 0 Å². The third-order valence-electron chi connectivity index (χ3n) is 3.33. The van der Waals surface area contributed by atoms with Crippen molar-refractivity contribution in [1.29, 1.82) is 0 Å². The molecule has 0 saturated carbocycles. The lowest BCUT2D eigenvalue weighted by atomic mass is 10.2. The Balaban J connectivity index is 1.80. The van der Waals surface area contributed by atoms with E-state index in [9.17, 15) is 0 Å². The maximum Gasteiger partial charge on any atom is 0.130 e. The van der Waals surface area contributed by atoms with Gasteiger partial charge in [0, 0.05) is 36.4 Å². The number of likely N-dealkylation sites (N-methyl/N-ethyl adjacent to an activating group) is 1. The van der Waals surface area contributed by atoms with E-state index in [4.69, 9.17) is 23.2 Å². The molecule has 0 atom stereocenters. The highest BCUT2D eigenvalue weighted by atomic mass is 35.5. The first-order valence-corrected chi connectivity index (χ1v) is 7.11. The first-order chi connectivity index (χ1) is 8.65. The summed E-state index contributed by atoms with van der Waals surface area (Å²) in [7, 11) is 2.11. The molecule has 0 aliphatic carbocycles. The molecule has 0 amide bonds. The van der Waals surface area contributed by atoms with Gasteiger partial charge >= 0.3 is 0 Å². The number of likely N-dealkylation sites (tertiary alicyclic amines) is 1. The zero-order valence-electron chi connectivity index (χ0n) is 10.7. The first-order valence-electron chi connectivity index (χ1n) is 6.36. The average Bonchev–Trinajstić information content (AvgIpc) is 2.83. The Morgan fingerprint density at radius 1 is 1.33 bits per heavy atom. The van der Waals surface area contributed by atoms with E-state index in [0.29, 0.717) is 10.2 Å². The Labute approximate surface area is 119 Å². The summed E-state index contributed by atoms with van der Waals surface area (Å²) in [6.45, 7) is 5.50. The van der Waals surface area contributed by atoms with E-state index in [0.717, 1.165) is 25.2 Å². The highest BCUT2D eigenvalue weighted by Gasteiger charge is 2.12. The van der Waals surface area contributed by atoms with Crippen LogP contribution in [0.1, 0.15) is 18.4 Å². The maximum atomic E-state index is 6.14. The largest absolute Gasteiger partial charge is 0.302 e. The van der Waals surface area contributed by atoms with Gasteiger partial charge in [0.1, 0.15) is 5.15 Å². The normalized spacial score (nSPS) is 16.7. The Kier molecular flexibility index (Phi) is 5.25. The van der Waals surface area contributed by atoms with Crippen LogP contribution in [-0.2, 0) is 6.54 Å². The van der Waals surface area contributed by atoms with Crippen molar-refractivity contribution in [3.63, 3.8) is 0 Å². The van der Waals surface area contributed by atoms with Crippen molar-refractivity contribution >= 4 is 23.2 Å². The van der Waals surface area contributed by atoms with Crippen LogP contribution in [0.5, 0.6) is 0 Å². The van der Waals surface area contributed by atoms with Crippen LogP contribution < -0.4 is 0 Å². The fraction of sp³-hybridized carbons (Fsp3) is 0.615. The summed E-state index contributed by atoms with van der Waals surface area (Å²) in [5.41, 5.74) is 1.03. The van der Waals surface area contributed by atoms with E-state index in [-0.39, 0.29) is 0 Å². The molecule has 5 heteroatoms. The van der Waals surface area contributed by atoms with Gasteiger partial charge in [-0.3, -0.25) is 0 Å². The molecule has 2 heterocycles. The van der Waals surface area contributed by atoms with Crippen LogP contribution in [0, 0.1) is 0 Å². The van der Waals surface area contributed by atoms with E-state index in [1.807, 2.05) is 0 Å². The summed E-state index contributed by atoms with van der Waals surface area (Å²) in [4.78, 5) is 8.86. The monoisotopic (exact) mass is 287 g/mol. The SMILES string of the molecule is CN(CCN1CCCC1)Cc1cnc(Cl)cc1Cl. The molecular weight excluding hydrogens is 269 g/mol. The van der Waals surface area contributed by atoms with Crippen molar-refractivity contribution < 1.29 is 0 Å². The highest BCUT2D eigenvalue weighted by molar-refractivity contribution is 6.34. The lowest BCUT2D eigenvalue weighted by Crippen LogP contribution is -2.31. The first kappa shape index (κ1) is 14.1. The lowest BCUT2D eigenvalue weighted by Gasteiger charge is -2.21. The highest BCUT2D eigenvalue weighted by Crippen LogP contribution is 2.19. The van der Waals surface area contributed by atoms with Crippen molar-refractivity contribution in [1.82, 2.24) is 14.8 Å². The minimum absolute atomic E-state index is 0.448. The number of hydrogen-bond donors (Lipinski definition) is 0. The molecule has 1 saturated heterocycles. The number of halogens is 2. The number of rotatable bonds is 5. The van der Waals surface area contributed by atoms with Gasteiger partial charge in [0.05, 0.1) is 0 Å². The van der Waals surface area contributed by atoms with Gasteiger partial charge in [-0.05, 0) is 39.0 Å². The Morgan fingerprint density at radius 3 is 2.72 bits per heavy atom. The molecule has 100 valence electrons. The summed E-state index contributed by atoms with van der Waals surface area (Å²) < 4.78 is 0. The smallest absolute Gasteiger partial charge is 0.130 e. The minimum Gasteiger partial charge on any atom is -0.302 e. The molecule has 1 aromatic rings. The van der Waals surface area contributed by atoms with E-state index in [2.05, 4.69) is 21.8 Å². The summed E-state index contributed by atoms with van der Waals surface area (Å²) in [6.07, 6.45) is 4.45. The summed E-state index contributed by atoms with van der Waals surface area (Å²) in [6, 6.07) is 1.70. The molecule has 0 aromatic carbocycles. The average molecular weight is 288 g/mol. The summed E-state index contributed by atoms with van der Waals surface area (Å²) >= 11 is 11.9. The van der Waals surface area contributed by atoms with E-state index >= 15 is 0 Å². The number of pyridine rings is 1. The summed E-state index contributed by atoms with van der Waals surface area (Å²) in [5.74, 6) is 0. The zero-order valence-corrected chi connectivity index (χ0v) is 12.2. The molecular formula is C13H19Cl2N3. The molecule has 0 bridgehead atoms. The van der Waals surface area contributed by atoms with Gasteiger partial charge in [0.15, 0.2) is 0 Å². The van der Waals surface area contributed by atoms with Crippen LogP contribution in [0.25, 0.3) is 0 Å². The second-order valence-electron chi connectivity index (χ2n) is 4.88. The van der Waals surface area contributed by atoms with Gasteiger partial charge in [-0.2, -0.15) is 0 Å². The van der Waals surface area contributed by atoms with E-state index in [1.165, 1.54) is 25.9 Å². The van der Waals surface area contributed by atoms with Crippen LogP contribution in [0.4, 0.5) is 0 Å². The molecule has 1 aliphatic rings. The topological polar surface area (TPSA) is 19.4 Å². The molecule has 1 aromatic heterocycles. The molecule has 1 aliphatic heterocycles. The van der Waals surface area contributed by atoms with Crippen LogP contribution in [-0.4, -0.2) is 48.0 Å². The van der Waals surface area contributed by atoms with Crippen LogP contribution in [0.15, 0.2) is 12.3 Å². The van der Waals surface area contributed by atoms with Crippen LogP contribution in [0.2, 0.25) is 10.2 Å².